The Morgan fingerprint density at radius 2 is 2.17 bits per heavy atom. The molecular weight excluding hydrogens is 230 g/mol. The second-order valence-electron chi connectivity index (χ2n) is 4.05. The highest BCUT2D eigenvalue weighted by molar-refractivity contribution is 5.93. The van der Waals surface area contributed by atoms with E-state index in [1.54, 1.807) is 18.5 Å². The van der Waals surface area contributed by atoms with Crippen LogP contribution in [0.4, 0.5) is 0 Å². The first-order valence-electron chi connectivity index (χ1n) is 5.56. The molecule has 0 aromatic carbocycles. The van der Waals surface area contributed by atoms with Gasteiger partial charge in [0.05, 0.1) is 29.8 Å². The zero-order valence-electron chi connectivity index (χ0n) is 10.3. The zero-order chi connectivity index (χ0) is 13.1. The van der Waals surface area contributed by atoms with Gasteiger partial charge in [-0.25, -0.2) is 10.8 Å². The summed E-state index contributed by atoms with van der Waals surface area (Å²) in [6.07, 6.45) is 3.30. The molecule has 0 spiro atoms. The summed E-state index contributed by atoms with van der Waals surface area (Å²) in [5, 5.41) is 0. The summed E-state index contributed by atoms with van der Waals surface area (Å²) < 4.78 is 2.01. The second kappa shape index (κ2) is 4.97. The van der Waals surface area contributed by atoms with Crippen LogP contribution in [0.2, 0.25) is 0 Å². The van der Waals surface area contributed by atoms with E-state index in [-0.39, 0.29) is 5.91 Å². The molecule has 2 aromatic heterocycles. The number of hydrogen-bond donors (Lipinski definition) is 2. The largest absolute Gasteiger partial charge is 0.329 e. The van der Waals surface area contributed by atoms with Gasteiger partial charge in [0, 0.05) is 11.9 Å². The quantitative estimate of drug-likeness (QED) is 0.469. The number of imidazole rings is 1. The topological polar surface area (TPSA) is 85.8 Å². The molecule has 0 aliphatic carbocycles. The van der Waals surface area contributed by atoms with E-state index in [1.807, 2.05) is 18.4 Å². The van der Waals surface area contributed by atoms with E-state index >= 15 is 0 Å². The van der Waals surface area contributed by atoms with Gasteiger partial charge < -0.3 is 4.57 Å². The van der Waals surface area contributed by atoms with E-state index in [1.165, 1.54) is 6.20 Å². The number of nitrogens with zero attached hydrogens (tertiary/aromatic N) is 3. The lowest BCUT2D eigenvalue weighted by molar-refractivity contribution is 0.0953. The maximum absolute atomic E-state index is 11.2. The van der Waals surface area contributed by atoms with Crippen LogP contribution in [-0.2, 0) is 6.54 Å². The molecule has 2 aromatic rings. The predicted molar refractivity (Wildman–Crippen MR) is 66.7 cm³/mol. The van der Waals surface area contributed by atoms with E-state index in [2.05, 4.69) is 15.4 Å². The Bertz CT molecular complexity index is 558. The molecule has 18 heavy (non-hydrogen) atoms. The number of nitrogens with two attached hydrogens (primary N) is 1. The van der Waals surface area contributed by atoms with E-state index in [0.717, 1.165) is 17.1 Å². The van der Waals surface area contributed by atoms with Crippen LogP contribution < -0.4 is 11.3 Å². The average molecular weight is 245 g/mol. The van der Waals surface area contributed by atoms with Crippen molar-refractivity contribution in [1.29, 1.82) is 0 Å². The first-order chi connectivity index (χ1) is 8.61. The molecule has 94 valence electrons. The number of pyridine rings is 1. The van der Waals surface area contributed by atoms with Crippen LogP contribution in [0.5, 0.6) is 0 Å². The van der Waals surface area contributed by atoms with Gasteiger partial charge in [-0.05, 0) is 26.0 Å². The Hall–Kier alpha value is -2.21. The van der Waals surface area contributed by atoms with Gasteiger partial charge in [0.25, 0.3) is 5.91 Å². The standard InChI is InChI=1S/C12H15N5O/c1-8-9(2)17(7-15-8)6-11-4-3-10(5-14-11)12(18)16-13/h3-5,7H,6,13H2,1-2H3,(H,16,18). The molecule has 2 heterocycles. The third-order valence-electron chi connectivity index (χ3n) is 2.90. The fourth-order valence-electron chi connectivity index (χ4n) is 1.61. The van der Waals surface area contributed by atoms with E-state index in [9.17, 15) is 4.79 Å². The fraction of sp³-hybridized carbons (Fsp3) is 0.250. The van der Waals surface area contributed by atoms with Crippen molar-refractivity contribution in [3.05, 3.63) is 47.3 Å². The summed E-state index contributed by atoms with van der Waals surface area (Å²) in [7, 11) is 0. The smallest absolute Gasteiger partial charge is 0.266 e. The molecule has 0 saturated heterocycles. The van der Waals surface area contributed by atoms with Gasteiger partial charge in [-0.3, -0.25) is 15.2 Å². The van der Waals surface area contributed by atoms with E-state index in [4.69, 9.17) is 5.84 Å². The number of nitrogens with one attached hydrogen (secondary N) is 1. The molecule has 0 atom stereocenters. The van der Waals surface area contributed by atoms with Crippen LogP contribution in [0.15, 0.2) is 24.7 Å². The van der Waals surface area contributed by atoms with Crippen molar-refractivity contribution >= 4 is 5.91 Å². The third-order valence-corrected chi connectivity index (χ3v) is 2.90. The summed E-state index contributed by atoms with van der Waals surface area (Å²) in [4.78, 5) is 19.7. The molecule has 0 bridgehead atoms. The minimum absolute atomic E-state index is 0.344. The first-order valence-corrected chi connectivity index (χ1v) is 5.56. The molecule has 2 rings (SSSR count). The predicted octanol–water partition coefficient (Wildman–Crippen LogP) is 0.547. The van der Waals surface area contributed by atoms with Crippen molar-refractivity contribution in [2.45, 2.75) is 20.4 Å². The Balaban J connectivity index is 2.16. The molecule has 0 aliphatic heterocycles. The van der Waals surface area contributed by atoms with Crippen LogP contribution in [0.1, 0.15) is 27.4 Å². The molecule has 0 fully saturated rings. The molecule has 6 heteroatoms. The number of nitrogen functional groups attached to an aromatic ring is 1. The minimum Gasteiger partial charge on any atom is -0.329 e. The number of carbonyl (C=O) groups is 1. The Morgan fingerprint density at radius 3 is 2.67 bits per heavy atom. The van der Waals surface area contributed by atoms with Crippen molar-refractivity contribution in [3.63, 3.8) is 0 Å². The SMILES string of the molecule is Cc1ncn(Cc2ccc(C(=O)NN)cn2)c1C. The lowest BCUT2D eigenvalue weighted by Gasteiger charge is -2.05. The number of aryl methyl sites for hydroxylation is 1. The van der Waals surface area contributed by atoms with Gasteiger partial charge in [-0.15, -0.1) is 0 Å². The normalized spacial score (nSPS) is 10.4. The van der Waals surface area contributed by atoms with Crippen LogP contribution in [0, 0.1) is 13.8 Å². The Morgan fingerprint density at radius 1 is 1.39 bits per heavy atom. The zero-order valence-corrected chi connectivity index (χ0v) is 10.3. The molecule has 0 radical (unpaired) electrons. The van der Waals surface area contributed by atoms with Crippen molar-refractivity contribution in [2.24, 2.45) is 5.84 Å². The van der Waals surface area contributed by atoms with Crippen molar-refractivity contribution in [2.75, 3.05) is 0 Å². The van der Waals surface area contributed by atoms with Gasteiger partial charge in [-0.2, -0.15) is 0 Å². The summed E-state index contributed by atoms with van der Waals surface area (Å²) >= 11 is 0. The van der Waals surface area contributed by atoms with Gasteiger partial charge >= 0.3 is 0 Å². The summed E-state index contributed by atoms with van der Waals surface area (Å²) in [6, 6.07) is 3.50. The molecule has 0 saturated carbocycles. The van der Waals surface area contributed by atoms with Crippen molar-refractivity contribution in [3.8, 4) is 0 Å². The van der Waals surface area contributed by atoms with Crippen LogP contribution in [0.25, 0.3) is 0 Å². The Kier molecular flexibility index (Phi) is 3.38. The summed E-state index contributed by atoms with van der Waals surface area (Å²) in [5.74, 6) is 4.70. The van der Waals surface area contributed by atoms with Crippen LogP contribution in [-0.4, -0.2) is 20.4 Å². The first kappa shape index (κ1) is 12.3. The van der Waals surface area contributed by atoms with Gasteiger partial charge in [0.15, 0.2) is 0 Å². The van der Waals surface area contributed by atoms with Crippen molar-refractivity contribution < 1.29 is 4.79 Å². The van der Waals surface area contributed by atoms with Crippen LogP contribution >= 0.6 is 0 Å². The summed E-state index contributed by atoms with van der Waals surface area (Å²) in [6.45, 7) is 4.61. The summed E-state index contributed by atoms with van der Waals surface area (Å²) in [5.41, 5.74) is 5.50. The molecule has 3 N–H and O–H groups in total. The number of aromatic nitrogens is 3. The number of carbonyl (C=O) groups excluding carboxylic acids is 1. The van der Waals surface area contributed by atoms with Crippen molar-refractivity contribution in [1.82, 2.24) is 20.0 Å². The Labute approximate surface area is 105 Å². The number of amides is 1. The number of rotatable bonds is 3. The second-order valence-corrected chi connectivity index (χ2v) is 4.05. The minimum atomic E-state index is -0.344. The average Bonchev–Trinajstić information content (AvgIpc) is 2.71. The molecular formula is C12H15N5O. The highest BCUT2D eigenvalue weighted by Crippen LogP contribution is 2.08. The maximum atomic E-state index is 11.2. The highest BCUT2D eigenvalue weighted by Gasteiger charge is 2.06. The molecule has 1 amide bonds. The third kappa shape index (κ3) is 2.38. The lowest BCUT2D eigenvalue weighted by Crippen LogP contribution is -2.30. The fourth-order valence-corrected chi connectivity index (χ4v) is 1.61. The maximum Gasteiger partial charge on any atom is 0.266 e. The number of hydrogen-bond acceptors (Lipinski definition) is 4. The number of hydrazine groups is 1. The van der Waals surface area contributed by atoms with Gasteiger partial charge in [0.2, 0.25) is 0 Å². The van der Waals surface area contributed by atoms with Gasteiger partial charge in [-0.1, -0.05) is 0 Å². The molecule has 0 unspecified atom stereocenters. The van der Waals surface area contributed by atoms with Gasteiger partial charge in [0.1, 0.15) is 0 Å². The monoisotopic (exact) mass is 245 g/mol. The lowest BCUT2D eigenvalue weighted by atomic mass is 10.2. The van der Waals surface area contributed by atoms with Crippen LogP contribution in [0.3, 0.4) is 0 Å². The molecule has 0 aliphatic rings. The van der Waals surface area contributed by atoms with E-state index in [0.29, 0.717) is 12.1 Å². The molecule has 6 nitrogen and oxygen atoms in total. The van der Waals surface area contributed by atoms with E-state index < -0.39 is 0 Å². The highest BCUT2D eigenvalue weighted by atomic mass is 16.2.